The van der Waals surface area contributed by atoms with Crippen LogP contribution in [0.5, 0.6) is 0 Å². The molecule has 6 rings (SSSR count). The van der Waals surface area contributed by atoms with Crippen molar-refractivity contribution >= 4 is 0 Å². The van der Waals surface area contributed by atoms with E-state index in [0.717, 1.165) is 67.2 Å². The van der Waals surface area contributed by atoms with Gasteiger partial charge in [-0.15, -0.1) is 0 Å². The summed E-state index contributed by atoms with van der Waals surface area (Å²) in [7, 11) is 0. The minimum atomic E-state index is -1.23. The maximum Gasteiger partial charge on any atom is 0.122 e. The zero-order valence-corrected chi connectivity index (χ0v) is 20.9. The molecule has 36 heavy (non-hydrogen) atoms. The molecule has 0 bridgehead atoms. The van der Waals surface area contributed by atoms with Crippen LogP contribution < -0.4 is 0 Å². The zero-order valence-electron chi connectivity index (χ0n) is 20.9. The molecule has 0 aromatic heterocycles. The molecule has 0 amide bonds. The lowest BCUT2D eigenvalue weighted by Crippen LogP contribution is -2.54. The Bertz CT molecular complexity index is 1290. The molecule has 2 heteroatoms. The van der Waals surface area contributed by atoms with E-state index >= 15 is 0 Å². The lowest BCUT2D eigenvalue weighted by Gasteiger charge is -2.53. The first-order valence-electron chi connectivity index (χ1n) is 13.7. The summed E-state index contributed by atoms with van der Waals surface area (Å²) in [5.74, 6) is -0.569. The van der Waals surface area contributed by atoms with E-state index in [-0.39, 0.29) is 11.8 Å². The van der Waals surface area contributed by atoms with E-state index in [9.17, 15) is 10.2 Å². The van der Waals surface area contributed by atoms with E-state index in [0.29, 0.717) is 0 Å². The molecule has 2 nitrogen and oxygen atoms in total. The zero-order chi connectivity index (χ0) is 24.6. The van der Waals surface area contributed by atoms with Gasteiger partial charge in [0.2, 0.25) is 0 Å². The summed E-state index contributed by atoms with van der Waals surface area (Å²) in [5.41, 5.74) is 3.81. The van der Waals surface area contributed by atoms with Gasteiger partial charge in [-0.2, -0.15) is 0 Å². The van der Waals surface area contributed by atoms with Crippen molar-refractivity contribution in [2.75, 3.05) is 0 Å². The van der Waals surface area contributed by atoms with Crippen molar-refractivity contribution in [2.24, 2.45) is 11.8 Å². The predicted molar refractivity (Wildman–Crippen MR) is 147 cm³/mol. The minimum absolute atomic E-state index is 0.281. The van der Waals surface area contributed by atoms with Crippen molar-refractivity contribution in [3.63, 3.8) is 0 Å². The molecule has 184 valence electrons. The number of fused-ring (bicyclic) bond motifs is 3. The van der Waals surface area contributed by atoms with E-state index in [1.807, 2.05) is 36.4 Å². The SMILES string of the molecule is OC1(C2=CCCCC/C=C/C=C2)c2ccccc2C(O)(c2cccc3c2CCCC3)C2C=CC=CC21. The average Bonchev–Trinajstić information content (AvgIpc) is 2.94. The topological polar surface area (TPSA) is 40.5 Å². The number of benzene rings is 2. The van der Waals surface area contributed by atoms with Gasteiger partial charge < -0.3 is 10.2 Å². The van der Waals surface area contributed by atoms with Crippen LogP contribution in [0.15, 0.2) is 103 Å². The quantitative estimate of drug-likeness (QED) is 0.491. The summed E-state index contributed by atoms with van der Waals surface area (Å²) in [5, 5.41) is 25.7. The molecule has 4 aliphatic carbocycles. The number of hydrogen-bond acceptors (Lipinski definition) is 2. The second-order valence-corrected chi connectivity index (χ2v) is 10.8. The maximum absolute atomic E-state index is 12.9. The second kappa shape index (κ2) is 9.50. The van der Waals surface area contributed by atoms with E-state index in [4.69, 9.17) is 0 Å². The summed E-state index contributed by atoms with van der Waals surface area (Å²) in [6.07, 6.45) is 27.7. The lowest BCUT2D eigenvalue weighted by molar-refractivity contribution is -0.0725. The van der Waals surface area contributed by atoms with Crippen molar-refractivity contribution in [3.05, 3.63) is 131 Å². The second-order valence-electron chi connectivity index (χ2n) is 10.8. The fraction of sp³-hybridized carbons (Fsp3) is 0.353. The largest absolute Gasteiger partial charge is 0.380 e. The first-order valence-corrected chi connectivity index (χ1v) is 13.7. The Hall–Kier alpha value is -2.94. The smallest absolute Gasteiger partial charge is 0.122 e. The predicted octanol–water partition coefficient (Wildman–Crippen LogP) is 6.97. The minimum Gasteiger partial charge on any atom is -0.380 e. The highest BCUT2D eigenvalue weighted by Crippen LogP contribution is 2.58. The van der Waals surface area contributed by atoms with Crippen LogP contribution in [0.4, 0.5) is 0 Å². The van der Waals surface area contributed by atoms with E-state index in [1.54, 1.807) is 0 Å². The Balaban J connectivity index is 1.60. The van der Waals surface area contributed by atoms with Crippen LogP contribution in [0.3, 0.4) is 0 Å². The van der Waals surface area contributed by atoms with Gasteiger partial charge in [-0.1, -0.05) is 97.1 Å². The fourth-order valence-corrected chi connectivity index (χ4v) is 7.07. The maximum atomic E-state index is 12.9. The summed E-state index contributed by atoms with van der Waals surface area (Å²) in [4.78, 5) is 0. The third-order valence-corrected chi connectivity index (χ3v) is 8.81. The van der Waals surface area contributed by atoms with Gasteiger partial charge in [0, 0.05) is 11.8 Å². The highest BCUT2D eigenvalue weighted by Gasteiger charge is 2.58. The first kappa shape index (κ1) is 23.5. The van der Waals surface area contributed by atoms with Gasteiger partial charge in [-0.3, -0.25) is 0 Å². The summed E-state index contributed by atoms with van der Waals surface area (Å²) in [6.45, 7) is 0. The van der Waals surface area contributed by atoms with Crippen LogP contribution >= 0.6 is 0 Å². The molecule has 4 aliphatic rings. The molecule has 2 N–H and O–H groups in total. The molecule has 0 fully saturated rings. The molecular formula is C34H36O2. The molecule has 0 spiro atoms. The van der Waals surface area contributed by atoms with Gasteiger partial charge >= 0.3 is 0 Å². The molecule has 0 saturated heterocycles. The third kappa shape index (κ3) is 3.62. The molecular weight excluding hydrogens is 440 g/mol. The van der Waals surface area contributed by atoms with E-state index in [1.165, 1.54) is 17.5 Å². The van der Waals surface area contributed by atoms with Crippen LogP contribution in [0.2, 0.25) is 0 Å². The monoisotopic (exact) mass is 476 g/mol. The van der Waals surface area contributed by atoms with Gasteiger partial charge in [-0.25, -0.2) is 0 Å². The summed E-state index contributed by atoms with van der Waals surface area (Å²) >= 11 is 0. The Morgan fingerprint density at radius 2 is 1.33 bits per heavy atom. The van der Waals surface area contributed by atoms with E-state index < -0.39 is 11.2 Å². The number of hydrogen-bond donors (Lipinski definition) is 2. The van der Waals surface area contributed by atoms with Crippen LogP contribution in [0, 0.1) is 11.8 Å². The third-order valence-electron chi connectivity index (χ3n) is 8.81. The van der Waals surface area contributed by atoms with Gasteiger partial charge in [0.1, 0.15) is 11.2 Å². The highest BCUT2D eigenvalue weighted by molar-refractivity contribution is 5.58. The number of allylic oxidation sites excluding steroid dienone is 6. The average molecular weight is 477 g/mol. The molecule has 2 aromatic carbocycles. The van der Waals surface area contributed by atoms with Crippen molar-refractivity contribution in [3.8, 4) is 0 Å². The number of aliphatic hydroxyl groups is 2. The van der Waals surface area contributed by atoms with Crippen LogP contribution in [-0.2, 0) is 24.0 Å². The summed E-state index contributed by atoms with van der Waals surface area (Å²) < 4.78 is 0. The molecule has 0 heterocycles. The molecule has 4 atom stereocenters. The van der Waals surface area contributed by atoms with Gasteiger partial charge in [0.15, 0.2) is 0 Å². The Morgan fingerprint density at radius 1 is 0.639 bits per heavy atom. The van der Waals surface area contributed by atoms with Crippen molar-refractivity contribution in [1.29, 1.82) is 0 Å². The molecule has 4 unspecified atom stereocenters. The molecule has 2 aromatic rings. The Morgan fingerprint density at radius 3 is 2.17 bits per heavy atom. The molecule has 0 radical (unpaired) electrons. The van der Waals surface area contributed by atoms with Gasteiger partial charge in [0.05, 0.1) is 0 Å². The number of rotatable bonds is 2. The fourth-order valence-electron chi connectivity index (χ4n) is 7.07. The standard InChI is InChI=1S/C34H36O2/c35-33(26-17-6-4-2-1-3-5-7-18-26)29-20-10-12-22-31(29)34(36,32-23-13-11-21-30(32)33)28-24-14-16-25-15-8-9-19-27(25)28/h2,4,6,10-14,16-18,20-24,29,31,35-36H,1,3,5,7-9,15,19H2/b4-2+,17-6?,26-18?. The highest BCUT2D eigenvalue weighted by atomic mass is 16.3. The Kier molecular flexibility index (Phi) is 6.19. The van der Waals surface area contributed by atoms with Gasteiger partial charge in [0.25, 0.3) is 0 Å². The first-order chi connectivity index (χ1) is 17.6. The van der Waals surface area contributed by atoms with E-state index in [2.05, 4.69) is 60.7 Å². The molecule has 0 saturated carbocycles. The van der Waals surface area contributed by atoms with Crippen molar-refractivity contribution in [2.45, 2.75) is 62.6 Å². The molecule has 0 aliphatic heterocycles. The normalized spacial score (nSPS) is 32.1. The van der Waals surface area contributed by atoms with Crippen LogP contribution in [0.25, 0.3) is 0 Å². The van der Waals surface area contributed by atoms with Crippen LogP contribution in [-0.4, -0.2) is 10.2 Å². The van der Waals surface area contributed by atoms with Gasteiger partial charge in [-0.05, 0) is 84.8 Å². The Labute approximate surface area is 215 Å². The number of aryl methyl sites for hydroxylation is 1. The van der Waals surface area contributed by atoms with Crippen molar-refractivity contribution in [1.82, 2.24) is 0 Å². The summed E-state index contributed by atoms with van der Waals surface area (Å²) in [6, 6.07) is 14.5. The van der Waals surface area contributed by atoms with Crippen molar-refractivity contribution < 1.29 is 10.2 Å². The lowest BCUT2D eigenvalue weighted by atomic mass is 9.54. The van der Waals surface area contributed by atoms with Crippen LogP contribution in [0.1, 0.15) is 66.3 Å².